The van der Waals surface area contributed by atoms with Crippen LogP contribution in [0.4, 0.5) is 0 Å². The predicted octanol–water partition coefficient (Wildman–Crippen LogP) is 4.10. The molecular formula is C24H24ClN5O2S. The number of hydrogen-bond acceptors (Lipinski definition) is 6. The first-order valence-electron chi connectivity index (χ1n) is 10.4. The summed E-state index contributed by atoms with van der Waals surface area (Å²) in [6, 6.07) is 10.8. The maximum atomic E-state index is 13.2. The summed E-state index contributed by atoms with van der Waals surface area (Å²) in [6.07, 6.45) is 3.56. The lowest BCUT2D eigenvalue weighted by molar-refractivity contribution is -0.125. The van der Waals surface area contributed by atoms with Crippen LogP contribution in [0.3, 0.4) is 0 Å². The van der Waals surface area contributed by atoms with Gasteiger partial charge in [0.05, 0.1) is 23.7 Å². The Morgan fingerprint density at radius 2 is 1.85 bits per heavy atom. The molecule has 3 heterocycles. The van der Waals surface area contributed by atoms with Crippen molar-refractivity contribution >= 4 is 40.3 Å². The van der Waals surface area contributed by atoms with E-state index in [4.69, 9.17) is 16.6 Å². The Kier molecular flexibility index (Phi) is 6.85. The van der Waals surface area contributed by atoms with E-state index in [1.54, 1.807) is 31.4 Å². The first-order chi connectivity index (χ1) is 15.8. The van der Waals surface area contributed by atoms with Gasteiger partial charge in [0.1, 0.15) is 0 Å². The molecule has 4 rings (SSSR count). The van der Waals surface area contributed by atoms with Crippen molar-refractivity contribution in [1.29, 1.82) is 0 Å². The molecule has 170 valence electrons. The number of amides is 2. The zero-order valence-corrected chi connectivity index (χ0v) is 20.2. The summed E-state index contributed by atoms with van der Waals surface area (Å²) >= 11 is 7.58. The van der Waals surface area contributed by atoms with Gasteiger partial charge in [0, 0.05) is 43.8 Å². The number of allylic oxidation sites excluding steroid dienone is 1. The van der Waals surface area contributed by atoms with E-state index in [0.29, 0.717) is 22.8 Å². The molecule has 2 aliphatic rings. The smallest absolute Gasteiger partial charge is 0.253 e. The quantitative estimate of drug-likeness (QED) is 0.672. The summed E-state index contributed by atoms with van der Waals surface area (Å²) in [5.41, 5.74) is 3.93. The van der Waals surface area contributed by atoms with Crippen LogP contribution < -0.4 is 5.32 Å². The van der Waals surface area contributed by atoms with Crippen molar-refractivity contribution in [3.05, 3.63) is 87.3 Å². The van der Waals surface area contributed by atoms with Gasteiger partial charge in [0.2, 0.25) is 5.91 Å². The number of carbonyl (C=O) groups is 2. The van der Waals surface area contributed by atoms with Gasteiger partial charge in [0.15, 0.2) is 5.17 Å². The SMILES string of the molecule is CC1=C(C(=O)N(C)C)C(c2ccc(Cl)cc2)N2C(CC(=O)NCc3ccncc3)=CSC2=N1. The van der Waals surface area contributed by atoms with Gasteiger partial charge >= 0.3 is 0 Å². The number of halogens is 1. The lowest BCUT2D eigenvalue weighted by Gasteiger charge is -2.37. The Morgan fingerprint density at radius 3 is 2.52 bits per heavy atom. The summed E-state index contributed by atoms with van der Waals surface area (Å²) < 4.78 is 0. The van der Waals surface area contributed by atoms with E-state index in [1.165, 1.54) is 11.8 Å². The van der Waals surface area contributed by atoms with Crippen molar-refractivity contribution in [3.63, 3.8) is 0 Å². The molecule has 0 aliphatic carbocycles. The third-order valence-electron chi connectivity index (χ3n) is 5.40. The molecule has 2 aliphatic heterocycles. The molecule has 0 fully saturated rings. The summed E-state index contributed by atoms with van der Waals surface area (Å²) in [5, 5.41) is 6.26. The number of nitrogens with one attached hydrogen (secondary N) is 1. The largest absolute Gasteiger partial charge is 0.352 e. The number of pyridine rings is 1. The molecule has 33 heavy (non-hydrogen) atoms. The van der Waals surface area contributed by atoms with E-state index in [0.717, 1.165) is 22.0 Å². The van der Waals surface area contributed by atoms with E-state index in [2.05, 4.69) is 10.3 Å². The van der Waals surface area contributed by atoms with Crippen LogP contribution in [-0.4, -0.2) is 45.9 Å². The number of fused-ring (bicyclic) bond motifs is 1. The van der Waals surface area contributed by atoms with Gasteiger partial charge in [0.25, 0.3) is 5.91 Å². The lowest BCUT2D eigenvalue weighted by atomic mass is 9.93. The zero-order chi connectivity index (χ0) is 23.5. The topological polar surface area (TPSA) is 77.9 Å². The van der Waals surface area contributed by atoms with Gasteiger partial charge in [-0.05, 0) is 47.7 Å². The summed E-state index contributed by atoms with van der Waals surface area (Å²) in [4.78, 5) is 38.2. The molecule has 0 radical (unpaired) electrons. The normalized spacial score (nSPS) is 17.3. The molecule has 7 nitrogen and oxygen atoms in total. The summed E-state index contributed by atoms with van der Waals surface area (Å²) in [5.74, 6) is -0.227. The monoisotopic (exact) mass is 481 g/mol. The third-order valence-corrected chi connectivity index (χ3v) is 6.54. The first kappa shape index (κ1) is 23.1. The highest BCUT2D eigenvalue weighted by atomic mass is 35.5. The molecule has 1 unspecified atom stereocenters. The van der Waals surface area contributed by atoms with Crippen LogP contribution in [0.15, 0.2) is 76.2 Å². The lowest BCUT2D eigenvalue weighted by Crippen LogP contribution is -2.40. The highest BCUT2D eigenvalue weighted by molar-refractivity contribution is 8.16. The van der Waals surface area contributed by atoms with Gasteiger partial charge in [-0.3, -0.25) is 14.6 Å². The molecule has 9 heteroatoms. The second-order valence-corrected chi connectivity index (χ2v) is 9.23. The van der Waals surface area contributed by atoms with Crippen LogP contribution in [0.1, 0.15) is 30.5 Å². The first-order valence-corrected chi connectivity index (χ1v) is 11.7. The summed E-state index contributed by atoms with van der Waals surface area (Å²) in [6.45, 7) is 2.27. The number of hydrogen-bond donors (Lipinski definition) is 1. The summed E-state index contributed by atoms with van der Waals surface area (Å²) in [7, 11) is 3.45. The van der Waals surface area contributed by atoms with Crippen molar-refractivity contribution in [2.75, 3.05) is 14.1 Å². The number of thioether (sulfide) groups is 1. The Hall–Kier alpha value is -3.10. The second-order valence-electron chi connectivity index (χ2n) is 7.95. The van der Waals surface area contributed by atoms with Gasteiger partial charge in [-0.15, -0.1) is 0 Å². The van der Waals surface area contributed by atoms with Crippen LogP contribution in [-0.2, 0) is 16.1 Å². The number of rotatable bonds is 6. The number of benzene rings is 1. The molecule has 1 aromatic carbocycles. The third kappa shape index (κ3) is 4.96. The van der Waals surface area contributed by atoms with E-state index < -0.39 is 6.04 Å². The number of amidine groups is 1. The minimum atomic E-state index is -0.404. The molecule has 1 N–H and O–H groups in total. The van der Waals surface area contributed by atoms with Crippen molar-refractivity contribution in [2.45, 2.75) is 25.9 Å². The average molecular weight is 482 g/mol. The standard InChI is InChI=1S/C24H24ClN5O2S/c1-15-21(23(32)29(2)3)22(17-4-6-18(25)7-5-17)30-19(14-33-24(30)28-15)12-20(31)27-13-16-8-10-26-11-9-16/h4-11,14,22H,12-13H2,1-3H3,(H,27,31). The van der Waals surface area contributed by atoms with Gasteiger partial charge in [-0.2, -0.15) is 0 Å². The number of likely N-dealkylation sites (N-methyl/N-ethyl adjacent to an activating group) is 1. The second kappa shape index (κ2) is 9.80. The van der Waals surface area contributed by atoms with Gasteiger partial charge in [-0.1, -0.05) is 35.5 Å². The minimum Gasteiger partial charge on any atom is -0.352 e. The van der Waals surface area contributed by atoms with E-state index in [1.807, 2.05) is 53.6 Å². The van der Waals surface area contributed by atoms with Gasteiger partial charge in [-0.25, -0.2) is 4.99 Å². The molecular weight excluding hydrogens is 458 g/mol. The number of nitrogens with zero attached hydrogens (tertiary/aromatic N) is 4. The maximum Gasteiger partial charge on any atom is 0.253 e. The number of carbonyl (C=O) groups excluding carboxylic acids is 2. The highest BCUT2D eigenvalue weighted by Crippen LogP contribution is 2.45. The van der Waals surface area contributed by atoms with Crippen LogP contribution >= 0.6 is 23.4 Å². The minimum absolute atomic E-state index is 0.110. The zero-order valence-electron chi connectivity index (χ0n) is 18.6. The van der Waals surface area contributed by atoms with Gasteiger partial charge < -0.3 is 15.1 Å². The van der Waals surface area contributed by atoms with Crippen LogP contribution in [0.5, 0.6) is 0 Å². The van der Waals surface area contributed by atoms with E-state index in [-0.39, 0.29) is 18.2 Å². The molecule has 0 saturated heterocycles. The Balaban J connectivity index is 1.62. The molecule has 2 amide bonds. The molecule has 0 bridgehead atoms. The molecule has 0 spiro atoms. The Labute approximate surface area is 202 Å². The number of aliphatic imine (C=N–C) groups is 1. The molecule has 1 aromatic heterocycles. The highest BCUT2D eigenvalue weighted by Gasteiger charge is 2.40. The van der Waals surface area contributed by atoms with Crippen molar-refractivity contribution in [3.8, 4) is 0 Å². The van der Waals surface area contributed by atoms with E-state index >= 15 is 0 Å². The number of aromatic nitrogens is 1. The van der Waals surface area contributed by atoms with Crippen molar-refractivity contribution in [2.24, 2.45) is 4.99 Å². The van der Waals surface area contributed by atoms with Crippen LogP contribution in [0.2, 0.25) is 5.02 Å². The predicted molar refractivity (Wildman–Crippen MR) is 131 cm³/mol. The average Bonchev–Trinajstić information content (AvgIpc) is 3.19. The fourth-order valence-electron chi connectivity index (χ4n) is 3.77. The Bertz CT molecular complexity index is 1160. The van der Waals surface area contributed by atoms with Crippen LogP contribution in [0, 0.1) is 0 Å². The van der Waals surface area contributed by atoms with Crippen molar-refractivity contribution in [1.82, 2.24) is 20.1 Å². The fourth-order valence-corrected chi connectivity index (χ4v) is 4.86. The Morgan fingerprint density at radius 1 is 1.15 bits per heavy atom. The van der Waals surface area contributed by atoms with Crippen molar-refractivity contribution < 1.29 is 9.59 Å². The van der Waals surface area contributed by atoms with Crippen LogP contribution in [0.25, 0.3) is 0 Å². The maximum absolute atomic E-state index is 13.2. The van der Waals surface area contributed by atoms with E-state index in [9.17, 15) is 9.59 Å². The molecule has 1 atom stereocenters. The fraction of sp³-hybridized carbons (Fsp3) is 0.250. The molecule has 0 saturated carbocycles. The molecule has 2 aromatic rings.